The highest BCUT2D eigenvalue weighted by Crippen LogP contribution is 2.36. The summed E-state index contributed by atoms with van der Waals surface area (Å²) in [5.74, 6) is 1.50. The summed E-state index contributed by atoms with van der Waals surface area (Å²) in [4.78, 5) is 11.8. The molecule has 1 aliphatic rings. The third kappa shape index (κ3) is 3.47. The molecule has 0 bridgehead atoms. The van der Waals surface area contributed by atoms with Crippen molar-refractivity contribution < 1.29 is 9.90 Å². The summed E-state index contributed by atoms with van der Waals surface area (Å²) >= 11 is 0. The molecule has 0 aromatic heterocycles. The first-order valence-electron chi connectivity index (χ1n) is 6.37. The van der Waals surface area contributed by atoms with Gasteiger partial charge in [-0.15, -0.1) is 0 Å². The van der Waals surface area contributed by atoms with E-state index in [9.17, 15) is 4.79 Å². The second-order valence-corrected chi connectivity index (χ2v) is 5.20. The van der Waals surface area contributed by atoms with Gasteiger partial charge in [-0.05, 0) is 42.4 Å². The number of rotatable bonds is 5. The molecule has 0 heterocycles. The Morgan fingerprint density at radius 2 is 2.11 bits per heavy atom. The molecular formula is C14H20N2O2. The van der Waals surface area contributed by atoms with Crippen molar-refractivity contribution in [3.8, 4) is 5.75 Å². The lowest BCUT2D eigenvalue weighted by Crippen LogP contribution is -2.42. The lowest BCUT2D eigenvalue weighted by Gasteiger charge is -2.12. The van der Waals surface area contributed by atoms with Gasteiger partial charge in [0.15, 0.2) is 0 Å². The van der Waals surface area contributed by atoms with Gasteiger partial charge in [-0.1, -0.05) is 19.1 Å². The predicted octanol–water partition coefficient (Wildman–Crippen LogP) is 1.03. The number of nitrogens with two attached hydrogens (primary N) is 1. The molecule has 0 spiro atoms. The summed E-state index contributed by atoms with van der Waals surface area (Å²) in [7, 11) is 0. The average molecular weight is 248 g/mol. The number of amides is 1. The first kappa shape index (κ1) is 12.9. The molecule has 1 fully saturated rings. The van der Waals surface area contributed by atoms with Crippen molar-refractivity contribution in [2.75, 3.05) is 6.54 Å². The number of nitrogens with one attached hydrogen (secondary N) is 1. The van der Waals surface area contributed by atoms with Crippen LogP contribution in [0.1, 0.15) is 18.9 Å². The fourth-order valence-electron chi connectivity index (χ4n) is 2.02. The van der Waals surface area contributed by atoms with E-state index in [0.29, 0.717) is 12.3 Å². The van der Waals surface area contributed by atoms with E-state index in [1.807, 2.05) is 0 Å². The zero-order valence-corrected chi connectivity index (χ0v) is 10.6. The molecule has 1 amide bonds. The maximum absolute atomic E-state index is 11.8. The molecule has 4 nitrogen and oxygen atoms in total. The normalized spacial score (nSPS) is 23.4. The van der Waals surface area contributed by atoms with Gasteiger partial charge in [0.25, 0.3) is 0 Å². The lowest BCUT2D eigenvalue weighted by molar-refractivity contribution is -0.122. The average Bonchev–Trinajstić information content (AvgIpc) is 3.05. The van der Waals surface area contributed by atoms with Gasteiger partial charge < -0.3 is 16.2 Å². The first-order chi connectivity index (χ1) is 8.56. The minimum absolute atomic E-state index is 0.0952. The molecule has 1 saturated carbocycles. The van der Waals surface area contributed by atoms with Gasteiger partial charge in [-0.2, -0.15) is 0 Å². The molecule has 0 radical (unpaired) electrons. The first-order valence-corrected chi connectivity index (χ1v) is 6.37. The molecule has 1 aromatic rings. The van der Waals surface area contributed by atoms with Gasteiger partial charge in [-0.25, -0.2) is 0 Å². The predicted molar refractivity (Wildman–Crippen MR) is 70.1 cm³/mol. The lowest BCUT2D eigenvalue weighted by atomic mass is 10.1. The number of phenolic OH excluding ortho intramolecular Hbond substituents is 1. The Balaban J connectivity index is 1.77. The molecule has 2 unspecified atom stereocenters. The van der Waals surface area contributed by atoms with E-state index < -0.39 is 6.04 Å². The van der Waals surface area contributed by atoms with Crippen LogP contribution >= 0.6 is 0 Å². The van der Waals surface area contributed by atoms with Crippen molar-refractivity contribution in [3.05, 3.63) is 29.8 Å². The summed E-state index contributed by atoms with van der Waals surface area (Å²) < 4.78 is 0. The Kier molecular flexibility index (Phi) is 3.87. The number of carbonyl (C=O) groups excluding carboxylic acids is 1. The van der Waals surface area contributed by atoms with Crippen molar-refractivity contribution in [2.24, 2.45) is 17.6 Å². The smallest absolute Gasteiger partial charge is 0.237 e. The Labute approximate surface area is 107 Å². The van der Waals surface area contributed by atoms with Crippen LogP contribution < -0.4 is 11.1 Å². The van der Waals surface area contributed by atoms with Gasteiger partial charge in [0.05, 0.1) is 6.04 Å². The van der Waals surface area contributed by atoms with Crippen molar-refractivity contribution in [2.45, 2.75) is 25.8 Å². The van der Waals surface area contributed by atoms with Crippen LogP contribution in [0.3, 0.4) is 0 Å². The van der Waals surface area contributed by atoms with E-state index in [0.717, 1.165) is 18.0 Å². The van der Waals surface area contributed by atoms with Gasteiger partial charge in [0, 0.05) is 6.54 Å². The van der Waals surface area contributed by atoms with Crippen molar-refractivity contribution in [1.29, 1.82) is 0 Å². The Morgan fingerprint density at radius 1 is 1.50 bits per heavy atom. The van der Waals surface area contributed by atoms with Crippen LogP contribution in [0.25, 0.3) is 0 Å². The molecular weight excluding hydrogens is 228 g/mol. The molecule has 3 atom stereocenters. The SMILES string of the molecule is CC1CC1CNC(=O)[C@@H](N)Cc1ccc(O)cc1. The van der Waals surface area contributed by atoms with Gasteiger partial charge in [0.1, 0.15) is 5.75 Å². The van der Waals surface area contributed by atoms with Gasteiger partial charge in [-0.3, -0.25) is 4.79 Å². The number of benzene rings is 1. The minimum atomic E-state index is -0.524. The van der Waals surface area contributed by atoms with Crippen molar-refractivity contribution >= 4 is 5.91 Å². The highest BCUT2D eigenvalue weighted by molar-refractivity contribution is 5.81. The van der Waals surface area contributed by atoms with E-state index in [4.69, 9.17) is 10.8 Å². The van der Waals surface area contributed by atoms with Crippen LogP contribution in [-0.2, 0) is 11.2 Å². The van der Waals surface area contributed by atoms with Crippen molar-refractivity contribution in [1.82, 2.24) is 5.32 Å². The zero-order chi connectivity index (χ0) is 13.1. The number of hydrogen-bond acceptors (Lipinski definition) is 3. The van der Waals surface area contributed by atoms with Gasteiger partial charge in [0.2, 0.25) is 5.91 Å². The third-order valence-corrected chi connectivity index (χ3v) is 3.54. The maximum atomic E-state index is 11.8. The molecule has 18 heavy (non-hydrogen) atoms. The zero-order valence-electron chi connectivity index (χ0n) is 10.6. The minimum Gasteiger partial charge on any atom is -0.508 e. The van der Waals surface area contributed by atoms with E-state index in [-0.39, 0.29) is 11.7 Å². The summed E-state index contributed by atoms with van der Waals surface area (Å²) in [6, 6.07) is 6.25. The van der Waals surface area contributed by atoms with Crippen molar-refractivity contribution in [3.63, 3.8) is 0 Å². The molecule has 1 aliphatic carbocycles. The molecule has 1 aromatic carbocycles. The molecule has 98 valence electrons. The van der Waals surface area contributed by atoms with Crippen LogP contribution in [0.15, 0.2) is 24.3 Å². The fraction of sp³-hybridized carbons (Fsp3) is 0.500. The number of phenols is 1. The van der Waals surface area contributed by atoms with Crippen LogP contribution in [0.4, 0.5) is 0 Å². The second kappa shape index (κ2) is 5.40. The van der Waals surface area contributed by atoms with E-state index in [1.54, 1.807) is 24.3 Å². The topological polar surface area (TPSA) is 75.4 Å². The number of hydrogen-bond donors (Lipinski definition) is 3. The van der Waals surface area contributed by atoms with Crippen LogP contribution in [0.5, 0.6) is 5.75 Å². The summed E-state index contributed by atoms with van der Waals surface area (Å²) in [6.07, 6.45) is 1.69. The molecule has 4 heteroatoms. The van der Waals surface area contributed by atoms with Crippen LogP contribution in [-0.4, -0.2) is 23.6 Å². The summed E-state index contributed by atoms with van der Waals surface area (Å²) in [5.41, 5.74) is 6.81. The quantitative estimate of drug-likeness (QED) is 0.728. The van der Waals surface area contributed by atoms with E-state index >= 15 is 0 Å². The Morgan fingerprint density at radius 3 is 2.67 bits per heavy atom. The second-order valence-electron chi connectivity index (χ2n) is 5.20. The fourth-order valence-corrected chi connectivity index (χ4v) is 2.02. The van der Waals surface area contributed by atoms with Crippen LogP contribution in [0, 0.1) is 11.8 Å². The largest absolute Gasteiger partial charge is 0.508 e. The highest BCUT2D eigenvalue weighted by atomic mass is 16.3. The maximum Gasteiger partial charge on any atom is 0.237 e. The monoisotopic (exact) mass is 248 g/mol. The van der Waals surface area contributed by atoms with E-state index in [2.05, 4.69) is 12.2 Å². The third-order valence-electron chi connectivity index (χ3n) is 3.54. The number of aromatic hydroxyl groups is 1. The molecule has 0 aliphatic heterocycles. The van der Waals surface area contributed by atoms with Gasteiger partial charge >= 0.3 is 0 Å². The molecule has 4 N–H and O–H groups in total. The number of carbonyl (C=O) groups is 1. The van der Waals surface area contributed by atoms with Crippen LogP contribution in [0.2, 0.25) is 0 Å². The summed E-state index contributed by atoms with van der Waals surface area (Å²) in [5, 5.41) is 12.1. The Hall–Kier alpha value is -1.55. The highest BCUT2D eigenvalue weighted by Gasteiger charge is 2.32. The van der Waals surface area contributed by atoms with E-state index in [1.165, 1.54) is 6.42 Å². The summed E-state index contributed by atoms with van der Waals surface area (Å²) in [6.45, 7) is 2.93. The Bertz CT molecular complexity index is 416. The molecule has 2 rings (SSSR count). The standard InChI is InChI=1S/C14H20N2O2/c1-9-6-11(9)8-16-14(18)13(15)7-10-2-4-12(17)5-3-10/h2-5,9,11,13,17H,6-8,15H2,1H3,(H,16,18)/t9?,11?,13-/m0/s1. The molecule has 0 saturated heterocycles.